The molecule has 18 heavy (non-hydrogen) atoms. The van der Waals surface area contributed by atoms with E-state index in [1.165, 1.54) is 13.2 Å². The SMILES string of the molecule is CC[C@H](O)[C@H](N)c1ccc(C(F)(F)F)cc1OC. The Labute approximate surface area is 103 Å². The summed E-state index contributed by atoms with van der Waals surface area (Å²) in [6.07, 6.45) is -4.85. The van der Waals surface area contributed by atoms with Crippen LogP contribution in [-0.2, 0) is 6.18 Å². The fraction of sp³-hybridized carbons (Fsp3) is 0.500. The van der Waals surface area contributed by atoms with Crippen LogP contribution in [0.25, 0.3) is 0 Å². The summed E-state index contributed by atoms with van der Waals surface area (Å²) in [4.78, 5) is 0. The number of halogens is 3. The summed E-state index contributed by atoms with van der Waals surface area (Å²) in [6, 6.07) is 2.29. The van der Waals surface area contributed by atoms with Gasteiger partial charge in [-0.1, -0.05) is 13.0 Å². The van der Waals surface area contributed by atoms with Gasteiger partial charge >= 0.3 is 6.18 Å². The number of alkyl halides is 3. The summed E-state index contributed by atoms with van der Waals surface area (Å²) >= 11 is 0. The molecule has 6 heteroatoms. The molecule has 1 aromatic rings. The molecule has 1 rings (SSSR count). The molecule has 0 saturated heterocycles. The van der Waals surface area contributed by atoms with Crippen LogP contribution in [0.5, 0.6) is 5.75 Å². The summed E-state index contributed by atoms with van der Waals surface area (Å²) in [6.45, 7) is 1.74. The molecule has 0 spiro atoms. The maximum Gasteiger partial charge on any atom is 0.416 e. The van der Waals surface area contributed by atoms with Crippen molar-refractivity contribution in [2.24, 2.45) is 5.73 Å². The van der Waals surface area contributed by atoms with E-state index in [9.17, 15) is 18.3 Å². The molecule has 0 amide bonds. The van der Waals surface area contributed by atoms with Gasteiger partial charge in [-0.05, 0) is 18.6 Å². The van der Waals surface area contributed by atoms with Crippen molar-refractivity contribution in [1.82, 2.24) is 0 Å². The number of hydrogen-bond donors (Lipinski definition) is 2. The molecule has 3 nitrogen and oxygen atoms in total. The van der Waals surface area contributed by atoms with E-state index >= 15 is 0 Å². The molecule has 2 atom stereocenters. The lowest BCUT2D eigenvalue weighted by molar-refractivity contribution is -0.137. The van der Waals surface area contributed by atoms with Crippen LogP contribution in [0.15, 0.2) is 18.2 Å². The Hall–Kier alpha value is -1.27. The largest absolute Gasteiger partial charge is 0.496 e. The van der Waals surface area contributed by atoms with E-state index in [-0.39, 0.29) is 5.75 Å². The topological polar surface area (TPSA) is 55.5 Å². The van der Waals surface area contributed by atoms with Crippen LogP contribution < -0.4 is 10.5 Å². The number of methoxy groups -OCH3 is 1. The third-order valence-corrected chi connectivity index (χ3v) is 2.75. The standard InChI is InChI=1S/C12H16F3NO2/c1-3-9(17)11(16)8-5-4-7(12(13,14)15)6-10(8)18-2/h4-6,9,11,17H,3,16H2,1-2H3/t9-,11+/m0/s1. The van der Waals surface area contributed by atoms with E-state index < -0.39 is 23.9 Å². The summed E-state index contributed by atoms with van der Waals surface area (Å²) in [7, 11) is 1.27. The third-order valence-electron chi connectivity index (χ3n) is 2.75. The zero-order valence-electron chi connectivity index (χ0n) is 10.2. The van der Waals surface area contributed by atoms with E-state index in [0.29, 0.717) is 12.0 Å². The maximum absolute atomic E-state index is 12.5. The lowest BCUT2D eigenvalue weighted by Gasteiger charge is -2.21. The lowest BCUT2D eigenvalue weighted by atomic mass is 9.98. The minimum Gasteiger partial charge on any atom is -0.496 e. The molecule has 0 fully saturated rings. The predicted octanol–water partition coefficient (Wildman–Crippen LogP) is 2.48. The average Bonchev–Trinajstić information content (AvgIpc) is 2.35. The first-order chi connectivity index (χ1) is 8.31. The van der Waals surface area contributed by atoms with Gasteiger partial charge in [-0.2, -0.15) is 13.2 Å². The monoisotopic (exact) mass is 263 g/mol. The van der Waals surface area contributed by atoms with E-state index in [0.717, 1.165) is 12.1 Å². The van der Waals surface area contributed by atoms with Crippen LogP contribution in [0.1, 0.15) is 30.5 Å². The first-order valence-electron chi connectivity index (χ1n) is 5.50. The van der Waals surface area contributed by atoms with Crippen molar-refractivity contribution in [3.05, 3.63) is 29.3 Å². The number of benzene rings is 1. The molecule has 0 saturated carbocycles. The quantitative estimate of drug-likeness (QED) is 0.877. The molecule has 102 valence electrons. The Kier molecular flexibility index (Phi) is 4.59. The highest BCUT2D eigenvalue weighted by atomic mass is 19.4. The molecule has 0 aliphatic carbocycles. The van der Waals surface area contributed by atoms with Crippen molar-refractivity contribution in [2.75, 3.05) is 7.11 Å². The van der Waals surface area contributed by atoms with Gasteiger partial charge in [0.1, 0.15) is 5.75 Å². The van der Waals surface area contributed by atoms with Crippen molar-refractivity contribution in [3.8, 4) is 5.75 Å². The number of nitrogens with two attached hydrogens (primary N) is 1. The molecule has 3 N–H and O–H groups in total. The second kappa shape index (κ2) is 5.58. The average molecular weight is 263 g/mol. The summed E-state index contributed by atoms with van der Waals surface area (Å²) in [5, 5.41) is 9.63. The number of hydrogen-bond acceptors (Lipinski definition) is 3. The first-order valence-corrected chi connectivity index (χ1v) is 5.50. The lowest BCUT2D eigenvalue weighted by Crippen LogP contribution is -2.26. The molecule has 0 heterocycles. The summed E-state index contributed by atoms with van der Waals surface area (Å²) < 4.78 is 42.5. The molecule has 1 aromatic carbocycles. The number of ether oxygens (including phenoxy) is 1. The molecule has 0 bridgehead atoms. The second-order valence-electron chi connectivity index (χ2n) is 3.96. The number of aliphatic hydroxyl groups excluding tert-OH is 1. The highest BCUT2D eigenvalue weighted by molar-refractivity contribution is 5.41. The maximum atomic E-state index is 12.5. The van der Waals surface area contributed by atoms with Crippen LogP contribution in [0.4, 0.5) is 13.2 Å². The van der Waals surface area contributed by atoms with Gasteiger partial charge in [0.2, 0.25) is 0 Å². The fourth-order valence-corrected chi connectivity index (χ4v) is 1.62. The van der Waals surface area contributed by atoms with E-state index in [4.69, 9.17) is 10.5 Å². The fourth-order valence-electron chi connectivity index (χ4n) is 1.62. The highest BCUT2D eigenvalue weighted by Gasteiger charge is 2.32. The van der Waals surface area contributed by atoms with Gasteiger partial charge in [0.05, 0.1) is 24.8 Å². The van der Waals surface area contributed by atoms with Crippen LogP contribution in [0.3, 0.4) is 0 Å². The molecule has 0 unspecified atom stereocenters. The molecule has 0 aliphatic rings. The van der Waals surface area contributed by atoms with Gasteiger partial charge in [0.15, 0.2) is 0 Å². The van der Waals surface area contributed by atoms with E-state index in [1.807, 2.05) is 0 Å². The van der Waals surface area contributed by atoms with Crippen molar-refractivity contribution in [1.29, 1.82) is 0 Å². The highest BCUT2D eigenvalue weighted by Crippen LogP contribution is 2.35. The second-order valence-corrected chi connectivity index (χ2v) is 3.96. The Morgan fingerprint density at radius 1 is 1.39 bits per heavy atom. The minimum atomic E-state index is -4.43. The van der Waals surface area contributed by atoms with E-state index in [1.54, 1.807) is 6.92 Å². The van der Waals surface area contributed by atoms with Gasteiger partial charge in [-0.15, -0.1) is 0 Å². The van der Waals surface area contributed by atoms with Gasteiger partial charge in [-0.3, -0.25) is 0 Å². The Morgan fingerprint density at radius 2 is 2.00 bits per heavy atom. The van der Waals surface area contributed by atoms with Crippen LogP contribution in [0.2, 0.25) is 0 Å². The summed E-state index contributed by atoms with van der Waals surface area (Å²) in [5.74, 6) is 0.0322. The smallest absolute Gasteiger partial charge is 0.416 e. The van der Waals surface area contributed by atoms with Crippen molar-refractivity contribution >= 4 is 0 Å². The minimum absolute atomic E-state index is 0.0322. The Bertz CT molecular complexity index is 407. The molecular weight excluding hydrogens is 247 g/mol. The van der Waals surface area contributed by atoms with Crippen LogP contribution in [0, 0.1) is 0 Å². The first kappa shape index (κ1) is 14.8. The summed E-state index contributed by atoms with van der Waals surface area (Å²) in [5.41, 5.74) is 5.33. The number of aliphatic hydroxyl groups is 1. The van der Waals surface area contributed by atoms with Crippen molar-refractivity contribution < 1.29 is 23.0 Å². The third kappa shape index (κ3) is 3.14. The van der Waals surface area contributed by atoms with Crippen molar-refractivity contribution in [3.63, 3.8) is 0 Å². The molecular formula is C12H16F3NO2. The molecule has 0 aromatic heterocycles. The number of rotatable bonds is 4. The Balaban J connectivity index is 3.15. The van der Waals surface area contributed by atoms with Crippen molar-refractivity contribution in [2.45, 2.75) is 31.7 Å². The molecule has 0 radical (unpaired) electrons. The zero-order valence-corrected chi connectivity index (χ0v) is 10.2. The van der Waals surface area contributed by atoms with E-state index in [2.05, 4.69) is 0 Å². The van der Waals surface area contributed by atoms with Gasteiger partial charge in [-0.25, -0.2) is 0 Å². The zero-order chi connectivity index (χ0) is 13.9. The Morgan fingerprint density at radius 3 is 2.44 bits per heavy atom. The van der Waals surface area contributed by atoms with Crippen LogP contribution in [-0.4, -0.2) is 18.3 Å². The normalized spacial score (nSPS) is 15.3. The predicted molar refractivity (Wildman–Crippen MR) is 61.2 cm³/mol. The van der Waals surface area contributed by atoms with Gasteiger partial charge < -0.3 is 15.6 Å². The van der Waals surface area contributed by atoms with Crippen LogP contribution >= 0.6 is 0 Å². The van der Waals surface area contributed by atoms with Gasteiger partial charge in [0, 0.05) is 5.56 Å². The molecule has 0 aliphatic heterocycles. The van der Waals surface area contributed by atoms with Gasteiger partial charge in [0.25, 0.3) is 0 Å².